The van der Waals surface area contributed by atoms with E-state index in [1.807, 2.05) is 0 Å². The van der Waals surface area contributed by atoms with Crippen molar-refractivity contribution in [2.75, 3.05) is 18.0 Å². The zero-order valence-electron chi connectivity index (χ0n) is 13.6. The number of benzene rings is 2. The van der Waals surface area contributed by atoms with Gasteiger partial charge in [0.15, 0.2) is 0 Å². The smallest absolute Gasteiger partial charge is 0.0456 e. The van der Waals surface area contributed by atoms with Gasteiger partial charge in [-0.25, -0.2) is 0 Å². The van der Waals surface area contributed by atoms with Crippen molar-refractivity contribution < 1.29 is 0 Å². The number of hydrogen-bond donors (Lipinski definition) is 1. The monoisotopic (exact) mass is 282 g/mol. The highest BCUT2D eigenvalue weighted by Gasteiger charge is 2.13. The normalized spacial score (nSPS) is 10.7. The summed E-state index contributed by atoms with van der Waals surface area (Å²) in [7, 11) is 0. The molecule has 2 nitrogen and oxygen atoms in total. The molecule has 0 aromatic heterocycles. The first-order valence-electron chi connectivity index (χ1n) is 7.80. The minimum absolute atomic E-state index is 0.913. The van der Waals surface area contributed by atoms with Crippen molar-refractivity contribution in [2.24, 2.45) is 0 Å². The van der Waals surface area contributed by atoms with Gasteiger partial charge in [0.25, 0.3) is 0 Å². The first-order chi connectivity index (χ1) is 10.2. The number of para-hydroxylation sites is 1. The van der Waals surface area contributed by atoms with Crippen LogP contribution in [0.1, 0.15) is 30.5 Å². The molecule has 2 rings (SSSR count). The molecule has 0 saturated carbocycles. The Balaban J connectivity index is 2.44. The fraction of sp³-hybridized carbons (Fsp3) is 0.368. The van der Waals surface area contributed by atoms with Crippen molar-refractivity contribution >= 4 is 11.4 Å². The molecular weight excluding hydrogens is 256 g/mol. The Bertz CT molecular complexity index is 590. The number of hydrogen-bond acceptors (Lipinski definition) is 2. The number of anilines is 2. The van der Waals surface area contributed by atoms with Crippen LogP contribution in [-0.2, 0) is 6.54 Å². The van der Waals surface area contributed by atoms with E-state index in [9.17, 15) is 0 Å². The molecule has 0 spiro atoms. The van der Waals surface area contributed by atoms with Crippen LogP contribution < -0.4 is 10.2 Å². The fourth-order valence-corrected chi connectivity index (χ4v) is 2.72. The third-order valence-corrected chi connectivity index (χ3v) is 3.81. The van der Waals surface area contributed by atoms with E-state index in [1.165, 1.54) is 28.1 Å². The third-order valence-electron chi connectivity index (χ3n) is 3.81. The molecule has 2 aromatic rings. The van der Waals surface area contributed by atoms with Crippen LogP contribution >= 0.6 is 0 Å². The maximum absolute atomic E-state index is 3.45. The van der Waals surface area contributed by atoms with Gasteiger partial charge in [-0.15, -0.1) is 0 Å². The van der Waals surface area contributed by atoms with Crippen molar-refractivity contribution in [3.63, 3.8) is 0 Å². The maximum atomic E-state index is 3.45. The maximum Gasteiger partial charge on any atom is 0.0456 e. The summed E-state index contributed by atoms with van der Waals surface area (Å²) in [4.78, 5) is 2.40. The molecule has 112 valence electrons. The molecule has 0 aliphatic heterocycles. The zero-order chi connectivity index (χ0) is 15.2. The molecule has 0 radical (unpaired) electrons. The van der Waals surface area contributed by atoms with E-state index >= 15 is 0 Å². The molecule has 2 aromatic carbocycles. The summed E-state index contributed by atoms with van der Waals surface area (Å²) in [6.45, 7) is 11.6. The average molecular weight is 282 g/mol. The highest BCUT2D eigenvalue weighted by atomic mass is 15.1. The zero-order valence-corrected chi connectivity index (χ0v) is 13.6. The first kappa shape index (κ1) is 15.6. The molecule has 0 aliphatic rings. The molecule has 0 amide bonds. The lowest BCUT2D eigenvalue weighted by molar-refractivity contribution is 0.724. The third kappa shape index (κ3) is 3.64. The van der Waals surface area contributed by atoms with Crippen LogP contribution in [0.25, 0.3) is 0 Å². The summed E-state index contributed by atoms with van der Waals surface area (Å²) < 4.78 is 0. The lowest BCUT2D eigenvalue weighted by Gasteiger charge is -2.28. The molecule has 21 heavy (non-hydrogen) atoms. The van der Waals surface area contributed by atoms with Gasteiger partial charge in [-0.1, -0.05) is 42.8 Å². The standard InChI is InChI=1S/C19H26N2/c1-5-20-14-17-13-15(3)11-12-19(17)21(6-2)18-10-8-7-9-16(18)4/h7-13,20H,5-6,14H2,1-4H3. The van der Waals surface area contributed by atoms with E-state index in [2.05, 4.69) is 80.4 Å². The molecule has 1 N–H and O–H groups in total. The number of rotatable bonds is 6. The molecule has 0 heterocycles. The summed E-state index contributed by atoms with van der Waals surface area (Å²) in [6, 6.07) is 15.3. The predicted octanol–water partition coefficient (Wildman–Crippen LogP) is 4.57. The van der Waals surface area contributed by atoms with E-state index in [1.54, 1.807) is 0 Å². The quantitative estimate of drug-likeness (QED) is 0.835. The van der Waals surface area contributed by atoms with Gasteiger partial charge in [-0.3, -0.25) is 0 Å². The highest BCUT2D eigenvalue weighted by Crippen LogP contribution is 2.31. The van der Waals surface area contributed by atoms with Gasteiger partial charge in [0.2, 0.25) is 0 Å². The topological polar surface area (TPSA) is 15.3 Å². The van der Waals surface area contributed by atoms with Crippen LogP contribution in [0.2, 0.25) is 0 Å². The summed E-state index contributed by atoms with van der Waals surface area (Å²) in [6.07, 6.45) is 0. The van der Waals surface area contributed by atoms with Crippen LogP contribution in [0.3, 0.4) is 0 Å². The second kappa shape index (κ2) is 7.28. The number of nitrogens with one attached hydrogen (secondary N) is 1. The van der Waals surface area contributed by atoms with Crippen molar-refractivity contribution in [1.82, 2.24) is 5.32 Å². The number of nitrogens with zero attached hydrogens (tertiary/aromatic N) is 1. The van der Waals surface area contributed by atoms with E-state index in [0.29, 0.717) is 0 Å². The Morgan fingerprint density at radius 3 is 2.38 bits per heavy atom. The van der Waals surface area contributed by atoms with Crippen LogP contribution in [0.5, 0.6) is 0 Å². The average Bonchev–Trinajstić information content (AvgIpc) is 2.49. The Kier molecular flexibility index (Phi) is 5.40. The Morgan fingerprint density at radius 1 is 0.952 bits per heavy atom. The molecular formula is C19H26N2. The van der Waals surface area contributed by atoms with Crippen LogP contribution in [0.15, 0.2) is 42.5 Å². The minimum Gasteiger partial charge on any atom is -0.341 e. The van der Waals surface area contributed by atoms with Crippen molar-refractivity contribution in [1.29, 1.82) is 0 Å². The summed E-state index contributed by atoms with van der Waals surface area (Å²) in [5, 5.41) is 3.45. The SMILES string of the molecule is CCNCc1cc(C)ccc1N(CC)c1ccccc1C. The first-order valence-corrected chi connectivity index (χ1v) is 7.80. The van der Waals surface area contributed by atoms with Gasteiger partial charge in [-0.05, 0) is 50.6 Å². The Morgan fingerprint density at radius 2 is 1.71 bits per heavy atom. The van der Waals surface area contributed by atoms with Gasteiger partial charge >= 0.3 is 0 Å². The molecule has 0 saturated heterocycles. The highest BCUT2D eigenvalue weighted by molar-refractivity contribution is 5.69. The van der Waals surface area contributed by atoms with Crippen LogP contribution in [0, 0.1) is 13.8 Å². The summed E-state index contributed by atoms with van der Waals surface area (Å²) >= 11 is 0. The van der Waals surface area contributed by atoms with Gasteiger partial charge < -0.3 is 10.2 Å². The summed E-state index contributed by atoms with van der Waals surface area (Å²) in [5.74, 6) is 0. The second-order valence-corrected chi connectivity index (χ2v) is 5.44. The Hall–Kier alpha value is -1.80. The minimum atomic E-state index is 0.913. The van der Waals surface area contributed by atoms with Gasteiger partial charge in [0.05, 0.1) is 0 Å². The lowest BCUT2D eigenvalue weighted by atomic mass is 10.1. The molecule has 0 fully saturated rings. The largest absolute Gasteiger partial charge is 0.341 e. The van der Waals surface area contributed by atoms with Crippen LogP contribution in [-0.4, -0.2) is 13.1 Å². The van der Waals surface area contributed by atoms with Crippen molar-refractivity contribution in [3.8, 4) is 0 Å². The number of aryl methyl sites for hydroxylation is 2. The summed E-state index contributed by atoms with van der Waals surface area (Å²) in [5.41, 5.74) is 6.59. The van der Waals surface area contributed by atoms with E-state index in [-0.39, 0.29) is 0 Å². The van der Waals surface area contributed by atoms with Gasteiger partial charge in [-0.2, -0.15) is 0 Å². The second-order valence-electron chi connectivity index (χ2n) is 5.44. The molecule has 0 atom stereocenters. The predicted molar refractivity (Wildman–Crippen MR) is 92.4 cm³/mol. The fourth-order valence-electron chi connectivity index (χ4n) is 2.72. The van der Waals surface area contributed by atoms with Crippen molar-refractivity contribution in [3.05, 3.63) is 59.2 Å². The Labute approximate surface area is 128 Å². The molecule has 0 bridgehead atoms. The van der Waals surface area contributed by atoms with Crippen molar-refractivity contribution in [2.45, 2.75) is 34.2 Å². The van der Waals surface area contributed by atoms with Gasteiger partial charge in [0, 0.05) is 24.5 Å². The lowest BCUT2D eigenvalue weighted by Crippen LogP contribution is -2.21. The van der Waals surface area contributed by atoms with Crippen LogP contribution in [0.4, 0.5) is 11.4 Å². The van der Waals surface area contributed by atoms with E-state index < -0.39 is 0 Å². The van der Waals surface area contributed by atoms with E-state index in [0.717, 1.165) is 19.6 Å². The molecule has 2 heteroatoms. The van der Waals surface area contributed by atoms with E-state index in [4.69, 9.17) is 0 Å². The molecule has 0 aliphatic carbocycles. The van der Waals surface area contributed by atoms with Gasteiger partial charge in [0.1, 0.15) is 0 Å². The molecule has 0 unspecified atom stereocenters.